The van der Waals surface area contributed by atoms with Gasteiger partial charge in [-0.25, -0.2) is 4.79 Å². The Labute approximate surface area is 132 Å². The van der Waals surface area contributed by atoms with Gasteiger partial charge in [-0.1, -0.05) is 34.1 Å². The number of rotatable bonds is 6. The topological polar surface area (TPSA) is 66.8 Å². The van der Waals surface area contributed by atoms with Crippen LogP contribution < -0.4 is 0 Å². The number of carboxylic acids is 1. The molecule has 0 spiro atoms. The van der Waals surface area contributed by atoms with Crippen molar-refractivity contribution in [1.82, 2.24) is 4.90 Å². The van der Waals surface area contributed by atoms with Gasteiger partial charge in [0.05, 0.1) is 6.61 Å². The summed E-state index contributed by atoms with van der Waals surface area (Å²) in [6.07, 6.45) is -5.18. The quantitative estimate of drug-likeness (QED) is 0.819. The van der Waals surface area contributed by atoms with Gasteiger partial charge >= 0.3 is 18.1 Å². The fraction of sp³-hybridized carbons (Fsp3) is 0.385. The molecule has 0 aliphatic heterocycles. The summed E-state index contributed by atoms with van der Waals surface area (Å²) >= 11 is 3.09. The lowest BCUT2D eigenvalue weighted by Gasteiger charge is -2.30. The number of hydrogen-bond donors (Lipinski definition) is 1. The maximum Gasteiger partial charge on any atom is 0.471 e. The zero-order valence-corrected chi connectivity index (χ0v) is 13.0. The molecule has 0 fully saturated rings. The molecule has 1 aromatic carbocycles. The first-order valence-electron chi connectivity index (χ1n) is 6.04. The number of hydrogen-bond acceptors (Lipinski definition) is 3. The maximum absolute atomic E-state index is 12.7. The van der Waals surface area contributed by atoms with Crippen LogP contribution in [0.1, 0.15) is 11.6 Å². The Balaban J connectivity index is 3.30. The summed E-state index contributed by atoms with van der Waals surface area (Å²) in [7, 11) is 1.24. The lowest BCUT2D eigenvalue weighted by atomic mass is 10.1. The van der Waals surface area contributed by atoms with Crippen LogP contribution in [0.15, 0.2) is 28.7 Å². The third-order valence-electron chi connectivity index (χ3n) is 2.79. The highest BCUT2D eigenvalue weighted by atomic mass is 79.9. The van der Waals surface area contributed by atoms with Crippen LogP contribution in [-0.2, 0) is 14.3 Å². The summed E-state index contributed by atoms with van der Waals surface area (Å²) in [5, 5.41) is 9.31. The van der Waals surface area contributed by atoms with Crippen molar-refractivity contribution in [2.24, 2.45) is 0 Å². The summed E-state index contributed by atoms with van der Waals surface area (Å²) in [5.41, 5.74) is 0.0451. The minimum atomic E-state index is -5.18. The van der Waals surface area contributed by atoms with Crippen LogP contribution >= 0.6 is 15.9 Å². The largest absolute Gasteiger partial charge is 0.479 e. The van der Waals surface area contributed by atoms with Crippen LogP contribution in [0, 0.1) is 0 Å². The molecule has 0 aliphatic carbocycles. The van der Waals surface area contributed by atoms with E-state index in [0.29, 0.717) is 4.47 Å². The highest BCUT2D eigenvalue weighted by Gasteiger charge is 2.46. The van der Waals surface area contributed by atoms with Crippen molar-refractivity contribution in [1.29, 1.82) is 0 Å². The van der Waals surface area contributed by atoms with Gasteiger partial charge in [-0.3, -0.25) is 4.79 Å². The van der Waals surface area contributed by atoms with Gasteiger partial charge in [0.1, 0.15) is 0 Å². The Hall–Kier alpha value is -1.61. The van der Waals surface area contributed by atoms with Crippen molar-refractivity contribution in [3.05, 3.63) is 34.3 Å². The van der Waals surface area contributed by atoms with Crippen molar-refractivity contribution >= 4 is 27.8 Å². The van der Waals surface area contributed by atoms with E-state index in [4.69, 9.17) is 0 Å². The summed E-state index contributed by atoms with van der Waals surface area (Å²) in [4.78, 5) is 23.3. The third kappa shape index (κ3) is 4.44. The van der Waals surface area contributed by atoms with E-state index in [2.05, 4.69) is 20.7 Å². The molecule has 0 saturated heterocycles. The summed E-state index contributed by atoms with van der Waals surface area (Å²) in [5.74, 6) is -3.80. The van der Waals surface area contributed by atoms with Gasteiger partial charge in [-0.05, 0) is 6.07 Å². The number of methoxy groups -OCH3 is 1. The van der Waals surface area contributed by atoms with Gasteiger partial charge in [-0.2, -0.15) is 13.2 Å². The maximum atomic E-state index is 12.7. The van der Waals surface area contributed by atoms with Gasteiger partial charge < -0.3 is 14.7 Å². The lowest BCUT2D eigenvalue weighted by Crippen LogP contribution is -2.47. The summed E-state index contributed by atoms with van der Waals surface area (Å²) in [6.45, 7) is -0.733. The van der Waals surface area contributed by atoms with Gasteiger partial charge in [-0.15, -0.1) is 0 Å². The molecule has 122 valence electrons. The zero-order chi connectivity index (χ0) is 16.9. The second-order valence-electron chi connectivity index (χ2n) is 4.25. The number of amides is 1. The van der Waals surface area contributed by atoms with E-state index in [0.717, 1.165) is 0 Å². The van der Waals surface area contributed by atoms with Crippen molar-refractivity contribution < 1.29 is 32.6 Å². The molecule has 1 atom stereocenters. The molecular formula is C13H13BrF3NO4. The van der Waals surface area contributed by atoms with Gasteiger partial charge in [0, 0.05) is 23.7 Å². The normalized spacial score (nSPS) is 12.8. The molecular weight excluding hydrogens is 371 g/mol. The fourth-order valence-corrected chi connectivity index (χ4v) is 2.33. The van der Waals surface area contributed by atoms with Crippen LogP contribution in [0.25, 0.3) is 0 Å². The van der Waals surface area contributed by atoms with Crippen molar-refractivity contribution in [3.63, 3.8) is 0 Å². The summed E-state index contributed by atoms with van der Waals surface area (Å²) in [6, 6.07) is 4.10. The van der Waals surface area contributed by atoms with Crippen molar-refractivity contribution in [2.45, 2.75) is 12.2 Å². The predicted molar refractivity (Wildman–Crippen MR) is 74.2 cm³/mol. The molecule has 0 saturated carbocycles. The zero-order valence-electron chi connectivity index (χ0n) is 11.4. The number of aliphatic carboxylic acids is 1. The van der Waals surface area contributed by atoms with Crippen molar-refractivity contribution in [2.75, 3.05) is 20.3 Å². The first-order chi connectivity index (χ1) is 10.2. The van der Waals surface area contributed by atoms with Crippen LogP contribution in [-0.4, -0.2) is 48.3 Å². The van der Waals surface area contributed by atoms with Gasteiger partial charge in [0.2, 0.25) is 0 Å². The number of carbonyl (C=O) groups excluding carboxylic acids is 1. The average Bonchev–Trinajstić information content (AvgIpc) is 2.42. The molecule has 1 aromatic rings. The van der Waals surface area contributed by atoms with Crippen LogP contribution in [0.5, 0.6) is 0 Å². The van der Waals surface area contributed by atoms with Gasteiger partial charge in [0.15, 0.2) is 6.04 Å². The second kappa shape index (κ2) is 7.59. The van der Waals surface area contributed by atoms with E-state index >= 15 is 0 Å². The molecule has 0 bridgehead atoms. The molecule has 0 radical (unpaired) electrons. The predicted octanol–water partition coefficient (Wildman–Crippen LogP) is 2.61. The first-order valence-corrected chi connectivity index (χ1v) is 6.83. The number of carbonyl (C=O) groups is 2. The molecule has 0 aliphatic rings. The van der Waals surface area contributed by atoms with Crippen LogP contribution in [0.4, 0.5) is 13.2 Å². The Morgan fingerprint density at radius 2 is 1.95 bits per heavy atom. The molecule has 1 amide bonds. The van der Waals surface area contributed by atoms with E-state index in [-0.39, 0.29) is 17.1 Å². The molecule has 5 nitrogen and oxygen atoms in total. The highest BCUT2D eigenvalue weighted by molar-refractivity contribution is 9.10. The standard InChI is InChI=1S/C13H13BrF3NO4/c1-22-7-6-18(12(21)13(15,16)17)10(11(19)20)8-4-2-3-5-9(8)14/h2-5,10H,6-7H2,1H3,(H,19,20). The Bertz CT molecular complexity index is 550. The Morgan fingerprint density at radius 3 is 2.41 bits per heavy atom. The molecule has 1 N–H and O–H groups in total. The van der Waals surface area contributed by atoms with E-state index < -0.39 is 30.6 Å². The van der Waals surface area contributed by atoms with Crippen molar-refractivity contribution in [3.8, 4) is 0 Å². The van der Waals surface area contributed by atoms with E-state index in [1.807, 2.05) is 0 Å². The number of ether oxygens (including phenoxy) is 1. The number of benzene rings is 1. The number of alkyl halides is 3. The van der Waals surface area contributed by atoms with E-state index in [9.17, 15) is 27.9 Å². The summed E-state index contributed by atoms with van der Waals surface area (Å²) < 4.78 is 43.1. The second-order valence-corrected chi connectivity index (χ2v) is 5.11. The van der Waals surface area contributed by atoms with Gasteiger partial charge in [0.25, 0.3) is 0 Å². The number of nitrogens with zero attached hydrogens (tertiary/aromatic N) is 1. The third-order valence-corrected chi connectivity index (χ3v) is 3.51. The number of halogens is 4. The molecule has 1 unspecified atom stereocenters. The minimum Gasteiger partial charge on any atom is -0.479 e. The highest BCUT2D eigenvalue weighted by Crippen LogP contribution is 2.31. The number of carboxylic acid groups (broad SMARTS) is 1. The fourth-order valence-electron chi connectivity index (χ4n) is 1.83. The SMILES string of the molecule is COCCN(C(=O)C(F)(F)F)C(C(=O)O)c1ccccc1Br. The lowest BCUT2D eigenvalue weighted by molar-refractivity contribution is -0.190. The Morgan fingerprint density at radius 1 is 1.36 bits per heavy atom. The van der Waals surface area contributed by atoms with E-state index in [1.54, 1.807) is 6.07 Å². The smallest absolute Gasteiger partial charge is 0.471 e. The molecule has 0 aromatic heterocycles. The Kier molecular flexibility index (Phi) is 6.36. The molecule has 1 rings (SSSR count). The van der Waals surface area contributed by atoms with Crippen LogP contribution in [0.3, 0.4) is 0 Å². The molecule has 9 heteroatoms. The van der Waals surface area contributed by atoms with Crippen LogP contribution in [0.2, 0.25) is 0 Å². The average molecular weight is 384 g/mol. The monoisotopic (exact) mass is 383 g/mol. The first kappa shape index (κ1) is 18.4. The molecule has 22 heavy (non-hydrogen) atoms. The minimum absolute atomic E-state index is 0.0451. The van der Waals surface area contributed by atoms with E-state index in [1.165, 1.54) is 25.3 Å². The molecule has 0 heterocycles.